The lowest BCUT2D eigenvalue weighted by Crippen LogP contribution is -2.13. The number of H-pyrrole nitrogens is 1. The number of anilines is 1. The minimum absolute atomic E-state index is 0.0400. The van der Waals surface area contributed by atoms with Gasteiger partial charge in [-0.2, -0.15) is 5.10 Å². The topological polar surface area (TPSA) is 114 Å². The third-order valence-electron chi connectivity index (χ3n) is 2.29. The summed E-state index contributed by atoms with van der Waals surface area (Å²) in [6, 6.07) is 4.44. The molecule has 0 aliphatic heterocycles. The van der Waals surface area contributed by atoms with Gasteiger partial charge in [-0.15, -0.1) is 0 Å². The number of carbonyl (C=O) groups is 1. The molecule has 2 aromatic rings. The standard InChI is InChI=1S/C10H9N5O3/c1-6-2-3-7(4-8(6)15(17)18)13-10(16)9-11-5-12-14-9/h2-5H,1H3,(H,13,16)(H,11,12,14). The summed E-state index contributed by atoms with van der Waals surface area (Å²) in [7, 11) is 0. The highest BCUT2D eigenvalue weighted by atomic mass is 16.6. The van der Waals surface area contributed by atoms with Gasteiger partial charge in [-0.1, -0.05) is 6.07 Å². The van der Waals surface area contributed by atoms with Crippen LogP contribution in [-0.4, -0.2) is 26.0 Å². The Hall–Kier alpha value is -2.77. The van der Waals surface area contributed by atoms with Gasteiger partial charge in [0, 0.05) is 17.3 Å². The summed E-state index contributed by atoms with van der Waals surface area (Å²) in [5.74, 6) is -0.469. The second-order valence-corrected chi connectivity index (χ2v) is 3.55. The van der Waals surface area contributed by atoms with Gasteiger partial charge >= 0.3 is 0 Å². The molecule has 0 bridgehead atoms. The van der Waals surface area contributed by atoms with Crippen molar-refractivity contribution in [2.45, 2.75) is 6.92 Å². The normalized spacial score (nSPS) is 10.1. The van der Waals surface area contributed by atoms with Crippen molar-refractivity contribution in [2.75, 3.05) is 5.32 Å². The number of carbonyl (C=O) groups excluding carboxylic acids is 1. The van der Waals surface area contributed by atoms with Gasteiger partial charge in [0.25, 0.3) is 11.6 Å². The highest BCUT2D eigenvalue weighted by Crippen LogP contribution is 2.22. The van der Waals surface area contributed by atoms with E-state index in [4.69, 9.17) is 0 Å². The van der Waals surface area contributed by atoms with Crippen molar-refractivity contribution in [3.63, 3.8) is 0 Å². The minimum atomic E-state index is -0.509. The van der Waals surface area contributed by atoms with Crippen LogP contribution in [0.2, 0.25) is 0 Å². The molecule has 0 aliphatic rings. The van der Waals surface area contributed by atoms with Crippen LogP contribution in [0, 0.1) is 17.0 Å². The Balaban J connectivity index is 2.22. The zero-order valence-electron chi connectivity index (χ0n) is 9.38. The molecule has 0 saturated heterocycles. The minimum Gasteiger partial charge on any atom is -0.319 e. The molecular formula is C10H9N5O3. The molecule has 0 saturated carbocycles. The van der Waals surface area contributed by atoms with Gasteiger partial charge in [0.2, 0.25) is 5.82 Å². The molecule has 1 aromatic heterocycles. The number of hydrogen-bond donors (Lipinski definition) is 2. The number of nitro groups is 1. The van der Waals surface area contributed by atoms with Gasteiger partial charge in [0.15, 0.2) is 0 Å². The first-order valence-electron chi connectivity index (χ1n) is 4.99. The third kappa shape index (κ3) is 2.32. The molecule has 0 atom stereocenters. The largest absolute Gasteiger partial charge is 0.319 e. The Labute approximate surface area is 101 Å². The maximum Gasteiger partial charge on any atom is 0.292 e. The number of rotatable bonds is 3. The number of nitrogens with one attached hydrogen (secondary N) is 2. The molecule has 2 N–H and O–H groups in total. The molecule has 2 rings (SSSR count). The molecule has 0 radical (unpaired) electrons. The Morgan fingerprint density at radius 2 is 2.28 bits per heavy atom. The average molecular weight is 247 g/mol. The van der Waals surface area contributed by atoms with Crippen LogP contribution in [0.15, 0.2) is 24.5 Å². The van der Waals surface area contributed by atoms with Crippen LogP contribution in [0.4, 0.5) is 11.4 Å². The maximum atomic E-state index is 11.6. The Kier molecular flexibility index (Phi) is 3.00. The average Bonchev–Trinajstić information content (AvgIpc) is 2.85. The number of aromatic amines is 1. The lowest BCUT2D eigenvalue weighted by atomic mass is 10.2. The summed E-state index contributed by atoms with van der Waals surface area (Å²) in [6.45, 7) is 1.63. The number of nitro benzene ring substituents is 1. The van der Waals surface area contributed by atoms with E-state index in [1.54, 1.807) is 19.1 Å². The molecule has 0 fully saturated rings. The predicted octanol–water partition coefficient (Wildman–Crippen LogP) is 1.27. The van der Waals surface area contributed by atoms with Crippen molar-refractivity contribution >= 4 is 17.3 Å². The smallest absolute Gasteiger partial charge is 0.292 e. The summed E-state index contributed by atoms with van der Waals surface area (Å²) >= 11 is 0. The summed E-state index contributed by atoms with van der Waals surface area (Å²) in [6.07, 6.45) is 1.20. The molecule has 0 spiro atoms. The molecule has 92 valence electrons. The molecule has 1 amide bonds. The molecule has 18 heavy (non-hydrogen) atoms. The zero-order valence-corrected chi connectivity index (χ0v) is 9.38. The number of benzene rings is 1. The van der Waals surface area contributed by atoms with Gasteiger partial charge < -0.3 is 5.32 Å². The van der Waals surface area contributed by atoms with Crippen LogP contribution in [0.5, 0.6) is 0 Å². The third-order valence-corrected chi connectivity index (χ3v) is 2.29. The van der Waals surface area contributed by atoms with Gasteiger partial charge in [-0.25, -0.2) is 4.98 Å². The van der Waals surface area contributed by atoms with Gasteiger partial charge in [0.05, 0.1) is 4.92 Å². The van der Waals surface area contributed by atoms with E-state index >= 15 is 0 Å². The molecule has 1 heterocycles. The second-order valence-electron chi connectivity index (χ2n) is 3.55. The summed E-state index contributed by atoms with van der Waals surface area (Å²) in [5.41, 5.74) is 0.803. The van der Waals surface area contributed by atoms with Crippen molar-refractivity contribution in [1.82, 2.24) is 15.2 Å². The molecule has 8 heteroatoms. The van der Waals surface area contributed by atoms with E-state index in [-0.39, 0.29) is 11.5 Å². The van der Waals surface area contributed by atoms with Crippen LogP contribution < -0.4 is 5.32 Å². The molecule has 0 unspecified atom stereocenters. The number of aryl methyl sites for hydroxylation is 1. The summed E-state index contributed by atoms with van der Waals surface area (Å²) < 4.78 is 0. The van der Waals surface area contributed by atoms with Gasteiger partial charge in [-0.05, 0) is 13.0 Å². The molecule has 1 aromatic carbocycles. The van der Waals surface area contributed by atoms with Crippen LogP contribution in [0.1, 0.15) is 16.2 Å². The monoisotopic (exact) mass is 247 g/mol. The maximum absolute atomic E-state index is 11.6. The van der Waals surface area contributed by atoms with E-state index in [1.807, 2.05) is 0 Å². The van der Waals surface area contributed by atoms with Gasteiger partial charge in [0.1, 0.15) is 6.33 Å². The SMILES string of the molecule is Cc1ccc(NC(=O)c2ncn[nH]2)cc1[N+](=O)[O-]. The van der Waals surface area contributed by atoms with Crippen molar-refractivity contribution in [2.24, 2.45) is 0 Å². The predicted molar refractivity (Wildman–Crippen MR) is 62.2 cm³/mol. The number of aromatic nitrogens is 3. The van der Waals surface area contributed by atoms with Crippen LogP contribution in [0.25, 0.3) is 0 Å². The Bertz CT molecular complexity index is 594. The van der Waals surface area contributed by atoms with E-state index in [2.05, 4.69) is 20.5 Å². The second kappa shape index (κ2) is 4.62. The summed E-state index contributed by atoms with van der Waals surface area (Å²) in [5, 5.41) is 19.2. The van der Waals surface area contributed by atoms with Crippen LogP contribution in [-0.2, 0) is 0 Å². The van der Waals surface area contributed by atoms with E-state index in [9.17, 15) is 14.9 Å². The van der Waals surface area contributed by atoms with E-state index in [0.29, 0.717) is 11.3 Å². The van der Waals surface area contributed by atoms with Crippen molar-refractivity contribution in [3.05, 3.63) is 46.0 Å². The lowest BCUT2D eigenvalue weighted by molar-refractivity contribution is -0.385. The first-order valence-corrected chi connectivity index (χ1v) is 4.99. The van der Waals surface area contributed by atoms with Gasteiger partial charge in [-0.3, -0.25) is 20.0 Å². The molecule has 8 nitrogen and oxygen atoms in total. The Morgan fingerprint density at radius 1 is 1.50 bits per heavy atom. The first kappa shape index (κ1) is 11.7. The fourth-order valence-electron chi connectivity index (χ4n) is 1.39. The quantitative estimate of drug-likeness (QED) is 0.626. The first-order chi connectivity index (χ1) is 8.58. The van der Waals surface area contributed by atoms with Crippen LogP contribution in [0.3, 0.4) is 0 Å². The van der Waals surface area contributed by atoms with Crippen molar-refractivity contribution < 1.29 is 9.72 Å². The highest BCUT2D eigenvalue weighted by molar-refractivity contribution is 6.01. The highest BCUT2D eigenvalue weighted by Gasteiger charge is 2.14. The number of amides is 1. The Morgan fingerprint density at radius 3 is 2.89 bits per heavy atom. The van der Waals surface area contributed by atoms with Crippen molar-refractivity contribution in [3.8, 4) is 0 Å². The van der Waals surface area contributed by atoms with E-state index in [1.165, 1.54) is 12.4 Å². The number of nitrogens with zero attached hydrogens (tertiary/aromatic N) is 3. The molecular weight excluding hydrogens is 238 g/mol. The van der Waals surface area contributed by atoms with E-state index < -0.39 is 10.8 Å². The fourth-order valence-corrected chi connectivity index (χ4v) is 1.39. The van der Waals surface area contributed by atoms with Crippen LogP contribution >= 0.6 is 0 Å². The zero-order chi connectivity index (χ0) is 13.1. The summed E-state index contributed by atoms with van der Waals surface area (Å²) in [4.78, 5) is 25.6. The lowest BCUT2D eigenvalue weighted by Gasteiger charge is -2.04. The van der Waals surface area contributed by atoms with E-state index in [0.717, 1.165) is 0 Å². The fraction of sp³-hybridized carbons (Fsp3) is 0.100. The van der Waals surface area contributed by atoms with Crippen molar-refractivity contribution in [1.29, 1.82) is 0 Å². The number of hydrogen-bond acceptors (Lipinski definition) is 5. The molecule has 0 aliphatic carbocycles.